The summed E-state index contributed by atoms with van der Waals surface area (Å²) >= 11 is 0. The number of amides is 2. The van der Waals surface area contributed by atoms with Crippen LogP contribution in [0.25, 0.3) is 0 Å². The summed E-state index contributed by atoms with van der Waals surface area (Å²) in [6.07, 6.45) is 5.99. The fourth-order valence-electron chi connectivity index (χ4n) is 3.53. The van der Waals surface area contributed by atoms with Gasteiger partial charge in [-0.15, -0.1) is 0 Å². The first kappa shape index (κ1) is 15.9. The average Bonchev–Trinajstić information content (AvgIpc) is 2.47. The van der Waals surface area contributed by atoms with Crippen LogP contribution in [-0.4, -0.2) is 53.1 Å². The van der Waals surface area contributed by atoms with Crippen LogP contribution in [0.1, 0.15) is 46.0 Å². The molecule has 0 aromatic rings. The van der Waals surface area contributed by atoms with E-state index < -0.39 is 11.4 Å². The number of nitrogens with zero attached hydrogens (tertiary/aromatic N) is 2. The third-order valence-corrected chi connectivity index (χ3v) is 4.63. The van der Waals surface area contributed by atoms with Gasteiger partial charge in [-0.3, -0.25) is 4.79 Å². The second-order valence-electron chi connectivity index (χ2n) is 6.40. The molecule has 2 rings (SSSR count). The third-order valence-electron chi connectivity index (χ3n) is 4.63. The molecular formula is C16H26N2O3. The molecule has 1 unspecified atom stereocenters. The van der Waals surface area contributed by atoms with Crippen LogP contribution in [0.5, 0.6) is 0 Å². The fourth-order valence-corrected chi connectivity index (χ4v) is 3.53. The minimum absolute atomic E-state index is 0.00359. The molecule has 1 atom stereocenters. The predicted octanol–water partition coefficient (Wildman–Crippen LogP) is 2.73. The van der Waals surface area contributed by atoms with Crippen molar-refractivity contribution in [1.29, 1.82) is 0 Å². The molecule has 1 saturated heterocycles. The number of hydrogen-bond acceptors (Lipinski definition) is 2. The molecular weight excluding hydrogens is 268 g/mol. The number of piperidine rings is 1. The average molecular weight is 294 g/mol. The van der Waals surface area contributed by atoms with Crippen molar-refractivity contribution >= 4 is 12.0 Å². The van der Waals surface area contributed by atoms with Crippen molar-refractivity contribution in [1.82, 2.24) is 9.80 Å². The van der Waals surface area contributed by atoms with Crippen molar-refractivity contribution in [2.45, 2.75) is 46.0 Å². The molecule has 5 heteroatoms. The number of hydrogen-bond donors (Lipinski definition) is 1. The van der Waals surface area contributed by atoms with Crippen LogP contribution >= 0.6 is 0 Å². The van der Waals surface area contributed by atoms with E-state index in [9.17, 15) is 14.7 Å². The molecule has 5 nitrogen and oxygen atoms in total. The second-order valence-corrected chi connectivity index (χ2v) is 6.40. The summed E-state index contributed by atoms with van der Waals surface area (Å²) in [5.74, 6) is -0.753. The lowest BCUT2D eigenvalue weighted by atomic mass is 9.76. The number of rotatable bonds is 3. The predicted molar refractivity (Wildman–Crippen MR) is 81.1 cm³/mol. The van der Waals surface area contributed by atoms with Gasteiger partial charge in [-0.1, -0.05) is 25.0 Å². The van der Waals surface area contributed by atoms with E-state index >= 15 is 0 Å². The minimum Gasteiger partial charge on any atom is -0.481 e. The molecule has 2 aliphatic heterocycles. The van der Waals surface area contributed by atoms with Crippen molar-refractivity contribution in [3.05, 3.63) is 11.6 Å². The molecule has 0 aromatic carbocycles. The van der Waals surface area contributed by atoms with E-state index in [0.29, 0.717) is 32.5 Å². The molecule has 0 aromatic heterocycles. The summed E-state index contributed by atoms with van der Waals surface area (Å²) in [6.45, 7) is 6.48. The number of carboxylic acids is 1. The van der Waals surface area contributed by atoms with Crippen LogP contribution in [0.4, 0.5) is 4.79 Å². The summed E-state index contributed by atoms with van der Waals surface area (Å²) in [4.78, 5) is 27.9. The highest BCUT2D eigenvalue weighted by Gasteiger charge is 2.43. The summed E-state index contributed by atoms with van der Waals surface area (Å²) < 4.78 is 0. The van der Waals surface area contributed by atoms with Gasteiger partial charge in [-0.05, 0) is 32.6 Å². The van der Waals surface area contributed by atoms with Gasteiger partial charge >= 0.3 is 12.0 Å². The molecule has 1 fully saturated rings. The second kappa shape index (κ2) is 6.50. The van der Waals surface area contributed by atoms with E-state index in [1.165, 1.54) is 5.57 Å². The Morgan fingerprint density at radius 2 is 2.10 bits per heavy atom. The summed E-state index contributed by atoms with van der Waals surface area (Å²) in [6, 6.07) is 0.00359. The Bertz CT molecular complexity index is 443. The number of likely N-dealkylation sites (tertiary alicyclic amines) is 1. The Morgan fingerprint density at radius 1 is 1.33 bits per heavy atom. The van der Waals surface area contributed by atoms with Crippen molar-refractivity contribution in [3.63, 3.8) is 0 Å². The largest absolute Gasteiger partial charge is 0.481 e. The van der Waals surface area contributed by atoms with Gasteiger partial charge in [0.15, 0.2) is 0 Å². The Hall–Kier alpha value is -1.52. The zero-order chi connectivity index (χ0) is 15.5. The minimum atomic E-state index is -0.753. The zero-order valence-electron chi connectivity index (χ0n) is 13.1. The van der Waals surface area contributed by atoms with Crippen LogP contribution < -0.4 is 0 Å². The van der Waals surface area contributed by atoms with Gasteiger partial charge in [0.25, 0.3) is 0 Å². The van der Waals surface area contributed by atoms with Gasteiger partial charge in [-0.2, -0.15) is 0 Å². The van der Waals surface area contributed by atoms with Crippen LogP contribution in [-0.2, 0) is 4.79 Å². The van der Waals surface area contributed by atoms with Crippen molar-refractivity contribution < 1.29 is 14.7 Å². The maximum atomic E-state index is 12.6. The van der Waals surface area contributed by atoms with Gasteiger partial charge in [0.05, 0.1) is 5.41 Å². The fraction of sp³-hybridized carbons (Fsp3) is 0.750. The van der Waals surface area contributed by atoms with E-state index in [4.69, 9.17) is 0 Å². The maximum absolute atomic E-state index is 12.6. The molecule has 0 bridgehead atoms. The highest BCUT2D eigenvalue weighted by atomic mass is 16.4. The molecule has 0 aliphatic carbocycles. The Labute approximate surface area is 126 Å². The van der Waals surface area contributed by atoms with Gasteiger partial charge in [0, 0.05) is 26.2 Å². The highest BCUT2D eigenvalue weighted by Crippen LogP contribution is 2.35. The monoisotopic (exact) mass is 294 g/mol. The van der Waals surface area contributed by atoms with E-state index in [0.717, 1.165) is 25.8 Å². The van der Waals surface area contributed by atoms with Gasteiger partial charge < -0.3 is 14.9 Å². The number of urea groups is 1. The smallest absolute Gasteiger partial charge is 0.320 e. The Balaban J connectivity index is 2.08. The molecule has 21 heavy (non-hydrogen) atoms. The molecule has 0 spiro atoms. The summed E-state index contributed by atoms with van der Waals surface area (Å²) in [7, 11) is 0. The van der Waals surface area contributed by atoms with E-state index in [2.05, 4.69) is 6.08 Å². The standard InChI is InChI=1S/C16H26N2O3/c1-3-7-16(14(19)20)8-5-10-18(12-16)15(21)17-9-4-6-13(2)11-17/h6H,3-5,7-12H2,1-2H3,(H,19,20). The molecule has 2 heterocycles. The molecule has 2 aliphatic rings. The SMILES string of the molecule is CCCC1(C(=O)O)CCCN(C(=O)N2CCC=C(C)C2)C1. The van der Waals surface area contributed by atoms with Gasteiger partial charge in [0.2, 0.25) is 0 Å². The number of carbonyl (C=O) groups excluding carboxylic acids is 1. The van der Waals surface area contributed by atoms with Crippen LogP contribution in [0, 0.1) is 5.41 Å². The lowest BCUT2D eigenvalue weighted by Gasteiger charge is -2.42. The topological polar surface area (TPSA) is 60.9 Å². The van der Waals surface area contributed by atoms with E-state index in [1.807, 2.05) is 18.7 Å². The molecule has 0 radical (unpaired) electrons. The van der Waals surface area contributed by atoms with Gasteiger partial charge in [0.1, 0.15) is 0 Å². The van der Waals surface area contributed by atoms with Crippen LogP contribution in [0.3, 0.4) is 0 Å². The van der Waals surface area contributed by atoms with Crippen LogP contribution in [0.15, 0.2) is 11.6 Å². The summed E-state index contributed by atoms with van der Waals surface area (Å²) in [5.41, 5.74) is 0.466. The number of aliphatic carboxylic acids is 1. The molecule has 0 saturated carbocycles. The van der Waals surface area contributed by atoms with Gasteiger partial charge in [-0.25, -0.2) is 4.79 Å². The normalized spacial score (nSPS) is 26.5. The Morgan fingerprint density at radius 3 is 2.71 bits per heavy atom. The van der Waals surface area contributed by atoms with E-state index in [-0.39, 0.29) is 6.03 Å². The molecule has 1 N–H and O–H groups in total. The first-order valence-electron chi connectivity index (χ1n) is 7.91. The van der Waals surface area contributed by atoms with E-state index in [1.54, 1.807) is 4.90 Å². The number of carboxylic acid groups (broad SMARTS) is 1. The van der Waals surface area contributed by atoms with Crippen molar-refractivity contribution in [3.8, 4) is 0 Å². The first-order chi connectivity index (χ1) is 9.98. The zero-order valence-corrected chi connectivity index (χ0v) is 13.1. The highest BCUT2D eigenvalue weighted by molar-refractivity contribution is 5.79. The van der Waals surface area contributed by atoms with Crippen LogP contribution in [0.2, 0.25) is 0 Å². The lowest BCUT2D eigenvalue weighted by Crippen LogP contribution is -2.54. The quantitative estimate of drug-likeness (QED) is 0.814. The maximum Gasteiger partial charge on any atom is 0.320 e. The van der Waals surface area contributed by atoms with Crippen molar-refractivity contribution in [2.75, 3.05) is 26.2 Å². The summed E-state index contributed by atoms with van der Waals surface area (Å²) in [5, 5.41) is 9.61. The number of carbonyl (C=O) groups is 2. The molecule has 2 amide bonds. The van der Waals surface area contributed by atoms with Crippen molar-refractivity contribution in [2.24, 2.45) is 5.41 Å². The Kier molecular flexibility index (Phi) is 4.91. The third kappa shape index (κ3) is 3.39. The molecule has 118 valence electrons. The first-order valence-corrected chi connectivity index (χ1v) is 7.91. The lowest BCUT2D eigenvalue weighted by molar-refractivity contribution is -0.152.